The molecular formula is C22H20F5N3O2. The number of phenolic OH excluding ortho intramolecular Hbond substituents is 1. The minimum absolute atomic E-state index is 0.0104. The first-order valence-corrected chi connectivity index (χ1v) is 9.44. The molecule has 0 radical (unpaired) electrons. The summed E-state index contributed by atoms with van der Waals surface area (Å²) >= 11 is 0. The first kappa shape index (κ1) is 23.4. The van der Waals surface area contributed by atoms with Gasteiger partial charge in [0.15, 0.2) is 5.60 Å². The first-order valence-electron chi connectivity index (χ1n) is 9.44. The molecule has 0 fully saturated rings. The molecule has 2 unspecified atom stereocenters. The molecule has 0 aliphatic heterocycles. The Hall–Kier alpha value is -3.27. The number of anilines is 1. The van der Waals surface area contributed by atoms with E-state index in [1.807, 2.05) is 0 Å². The predicted molar refractivity (Wildman–Crippen MR) is 109 cm³/mol. The minimum atomic E-state index is -5.26. The number of benzene rings is 2. The number of fused-ring (bicyclic) bond motifs is 1. The number of hydrogen-bond acceptors (Lipinski definition) is 5. The van der Waals surface area contributed by atoms with Crippen molar-refractivity contribution < 1.29 is 32.2 Å². The highest BCUT2D eigenvalue weighted by atomic mass is 19.4. The van der Waals surface area contributed by atoms with Crippen LogP contribution in [0.15, 0.2) is 48.7 Å². The van der Waals surface area contributed by atoms with Crippen LogP contribution in [0.25, 0.3) is 10.9 Å². The maximum atomic E-state index is 14.7. The number of nitrogens with one attached hydrogen (secondary N) is 1. The van der Waals surface area contributed by atoms with E-state index in [9.17, 15) is 32.2 Å². The van der Waals surface area contributed by atoms with Crippen LogP contribution in [0.3, 0.4) is 0 Å². The van der Waals surface area contributed by atoms with Crippen molar-refractivity contribution in [2.75, 3.05) is 5.32 Å². The second-order valence-electron chi connectivity index (χ2n) is 7.58. The number of hydrogen-bond donors (Lipinski definition) is 3. The van der Waals surface area contributed by atoms with Crippen molar-refractivity contribution in [2.45, 2.75) is 38.1 Å². The second kappa shape index (κ2) is 8.34. The van der Waals surface area contributed by atoms with Crippen LogP contribution in [0, 0.1) is 18.6 Å². The Morgan fingerprint density at radius 3 is 2.44 bits per heavy atom. The minimum Gasteiger partial charge on any atom is -0.507 e. The molecule has 0 amide bonds. The van der Waals surface area contributed by atoms with E-state index in [0.717, 1.165) is 30.3 Å². The average molecular weight is 453 g/mol. The maximum absolute atomic E-state index is 14.7. The van der Waals surface area contributed by atoms with Crippen LogP contribution in [0.4, 0.5) is 27.6 Å². The van der Waals surface area contributed by atoms with Crippen LogP contribution >= 0.6 is 0 Å². The van der Waals surface area contributed by atoms with Gasteiger partial charge in [0, 0.05) is 23.7 Å². The molecule has 1 heterocycles. The number of alkyl halides is 3. The maximum Gasteiger partial charge on any atom is 0.419 e. The van der Waals surface area contributed by atoms with E-state index in [4.69, 9.17) is 0 Å². The SMILES string of the molecule is C=C(C)CC(O)(C(Nc1ccc(F)c2nc(C)ncc12)c1c(O)cccc1F)C(F)(F)F. The lowest BCUT2D eigenvalue weighted by atomic mass is 9.82. The van der Waals surface area contributed by atoms with Gasteiger partial charge in [-0.15, -0.1) is 6.58 Å². The summed E-state index contributed by atoms with van der Waals surface area (Å²) in [7, 11) is 0. The summed E-state index contributed by atoms with van der Waals surface area (Å²) in [6.07, 6.45) is -5.05. The van der Waals surface area contributed by atoms with Crippen molar-refractivity contribution in [3.63, 3.8) is 0 Å². The van der Waals surface area contributed by atoms with E-state index >= 15 is 0 Å². The van der Waals surface area contributed by atoms with Crippen molar-refractivity contribution in [1.29, 1.82) is 0 Å². The zero-order valence-corrected chi connectivity index (χ0v) is 17.1. The van der Waals surface area contributed by atoms with Crippen LogP contribution in [0.1, 0.15) is 30.8 Å². The summed E-state index contributed by atoms with van der Waals surface area (Å²) in [6, 6.07) is 2.84. The van der Waals surface area contributed by atoms with Gasteiger partial charge in [-0.3, -0.25) is 0 Å². The van der Waals surface area contributed by atoms with Gasteiger partial charge in [0.2, 0.25) is 0 Å². The molecule has 0 aliphatic carbocycles. The normalized spacial score (nSPS) is 14.8. The molecule has 3 N–H and O–H groups in total. The molecule has 32 heavy (non-hydrogen) atoms. The Morgan fingerprint density at radius 2 is 1.84 bits per heavy atom. The van der Waals surface area contributed by atoms with Crippen molar-refractivity contribution in [3.05, 3.63) is 71.7 Å². The molecule has 0 saturated carbocycles. The molecule has 0 spiro atoms. The number of rotatable bonds is 6. The molecule has 5 nitrogen and oxygen atoms in total. The van der Waals surface area contributed by atoms with Gasteiger partial charge in [0.25, 0.3) is 0 Å². The van der Waals surface area contributed by atoms with Crippen LogP contribution in [0.5, 0.6) is 5.75 Å². The summed E-state index contributed by atoms with van der Waals surface area (Å²) in [5, 5.41) is 23.6. The van der Waals surface area contributed by atoms with Crippen LogP contribution < -0.4 is 5.32 Å². The smallest absolute Gasteiger partial charge is 0.419 e. The molecular weight excluding hydrogens is 433 g/mol. The second-order valence-corrected chi connectivity index (χ2v) is 7.58. The lowest BCUT2D eigenvalue weighted by molar-refractivity contribution is -0.266. The average Bonchev–Trinajstić information content (AvgIpc) is 2.67. The van der Waals surface area contributed by atoms with Gasteiger partial charge in [0.1, 0.15) is 28.7 Å². The summed E-state index contributed by atoms with van der Waals surface area (Å²) in [4.78, 5) is 7.91. The molecule has 170 valence electrons. The van der Waals surface area contributed by atoms with Crippen molar-refractivity contribution in [2.24, 2.45) is 0 Å². The van der Waals surface area contributed by atoms with E-state index < -0.39 is 47.2 Å². The summed E-state index contributed by atoms with van der Waals surface area (Å²) in [5.74, 6) is -2.49. The fourth-order valence-corrected chi connectivity index (χ4v) is 3.52. The van der Waals surface area contributed by atoms with Crippen molar-refractivity contribution >= 4 is 16.6 Å². The number of aryl methyl sites for hydroxylation is 1. The third kappa shape index (κ3) is 4.22. The van der Waals surface area contributed by atoms with Crippen LogP contribution in [-0.2, 0) is 0 Å². The molecule has 10 heteroatoms. The number of aromatic nitrogens is 2. The fraction of sp³-hybridized carbons (Fsp3) is 0.273. The van der Waals surface area contributed by atoms with Crippen molar-refractivity contribution in [3.8, 4) is 5.75 Å². The number of nitrogens with zero attached hydrogens (tertiary/aromatic N) is 2. The highest BCUT2D eigenvalue weighted by molar-refractivity contribution is 5.91. The zero-order valence-electron chi connectivity index (χ0n) is 17.1. The van der Waals surface area contributed by atoms with Crippen LogP contribution in [0.2, 0.25) is 0 Å². The Labute approximate surface area is 180 Å². The van der Waals surface area contributed by atoms with Crippen LogP contribution in [-0.4, -0.2) is 32.0 Å². The molecule has 0 bridgehead atoms. The van der Waals surface area contributed by atoms with E-state index in [1.165, 1.54) is 20.0 Å². The molecule has 3 aromatic rings. The molecule has 2 aromatic carbocycles. The fourth-order valence-electron chi connectivity index (χ4n) is 3.52. The van der Waals surface area contributed by atoms with E-state index in [0.29, 0.717) is 0 Å². The first-order chi connectivity index (χ1) is 14.8. The van der Waals surface area contributed by atoms with Gasteiger partial charge in [-0.05, 0) is 38.1 Å². The van der Waals surface area contributed by atoms with E-state index in [2.05, 4.69) is 21.9 Å². The molecule has 3 rings (SSSR count). The number of aliphatic hydroxyl groups is 1. The largest absolute Gasteiger partial charge is 0.507 e. The summed E-state index contributed by atoms with van der Waals surface area (Å²) in [6.45, 7) is 6.22. The third-order valence-electron chi connectivity index (χ3n) is 4.98. The number of halogens is 5. The topological polar surface area (TPSA) is 78.3 Å². The standard InChI is InChI=1S/C22H20F5N3O2/c1-11(2)9-21(32,22(25,26)27)20(18-14(23)5-4-6-17(18)31)30-16-8-7-15(24)19-13(16)10-28-12(3)29-19/h4-8,10,20,30-32H,1,9H2,2-3H3. The quantitative estimate of drug-likeness (QED) is 0.347. The third-order valence-corrected chi connectivity index (χ3v) is 4.98. The van der Waals surface area contributed by atoms with Crippen molar-refractivity contribution in [1.82, 2.24) is 9.97 Å². The highest BCUT2D eigenvalue weighted by Gasteiger charge is 2.60. The Balaban J connectivity index is 2.29. The summed E-state index contributed by atoms with van der Waals surface area (Å²) in [5.41, 5.74) is -4.69. The molecule has 1 aromatic heterocycles. The van der Waals surface area contributed by atoms with Gasteiger partial charge in [-0.25, -0.2) is 18.7 Å². The van der Waals surface area contributed by atoms with Gasteiger partial charge in [-0.1, -0.05) is 11.6 Å². The Bertz CT molecular complexity index is 1160. The van der Waals surface area contributed by atoms with Gasteiger partial charge < -0.3 is 15.5 Å². The van der Waals surface area contributed by atoms with E-state index in [1.54, 1.807) is 0 Å². The number of aromatic hydroxyl groups is 1. The Morgan fingerprint density at radius 1 is 1.16 bits per heavy atom. The van der Waals surface area contributed by atoms with E-state index in [-0.39, 0.29) is 28.0 Å². The van der Waals surface area contributed by atoms with Gasteiger partial charge >= 0.3 is 6.18 Å². The molecule has 0 saturated heterocycles. The predicted octanol–water partition coefficient (Wildman–Crippen LogP) is 5.33. The molecule has 2 atom stereocenters. The van der Waals surface area contributed by atoms with Gasteiger partial charge in [0.05, 0.1) is 11.6 Å². The summed E-state index contributed by atoms with van der Waals surface area (Å²) < 4.78 is 71.5. The lowest BCUT2D eigenvalue weighted by Gasteiger charge is -2.39. The zero-order chi connectivity index (χ0) is 23.8. The highest BCUT2D eigenvalue weighted by Crippen LogP contribution is 2.48. The number of phenols is 1. The Kier molecular flexibility index (Phi) is 6.10. The monoisotopic (exact) mass is 453 g/mol. The molecule has 0 aliphatic rings. The van der Waals surface area contributed by atoms with Gasteiger partial charge in [-0.2, -0.15) is 13.2 Å². The lowest BCUT2D eigenvalue weighted by Crippen LogP contribution is -2.53.